The van der Waals surface area contributed by atoms with Crippen LogP contribution < -0.4 is 15.6 Å². The van der Waals surface area contributed by atoms with Gasteiger partial charge in [0, 0.05) is 12.6 Å². The quantitative estimate of drug-likeness (QED) is 0.660. The third kappa shape index (κ3) is 4.84. The number of hydrogen-bond donors (Lipinski definition) is 1. The largest absolute Gasteiger partial charge is 0.483 e. The standard InChI is InChI=1S/C20H21N3O4/c1-2-15-6-3-4-7-17(15)27-14-19(24)21-11-12-23-20(25)10-9-16(22-23)18-8-5-13-26-18/h3-10,13H,2,11-12,14H2,1H3,(H,21,24). The molecule has 0 fully saturated rings. The van der Waals surface area contributed by atoms with Crippen molar-refractivity contribution in [3.05, 3.63) is 70.7 Å². The molecular formula is C20H21N3O4. The van der Waals surface area contributed by atoms with E-state index in [0.717, 1.165) is 12.0 Å². The Kier molecular flexibility index (Phi) is 6.04. The Bertz CT molecular complexity index is 948. The van der Waals surface area contributed by atoms with E-state index in [1.807, 2.05) is 31.2 Å². The molecule has 27 heavy (non-hydrogen) atoms. The van der Waals surface area contributed by atoms with Gasteiger partial charge < -0.3 is 14.5 Å². The van der Waals surface area contributed by atoms with E-state index in [-0.39, 0.29) is 31.2 Å². The van der Waals surface area contributed by atoms with Gasteiger partial charge in [-0.05, 0) is 36.2 Å². The van der Waals surface area contributed by atoms with Crippen molar-refractivity contribution in [3.8, 4) is 17.2 Å². The minimum Gasteiger partial charge on any atom is -0.483 e. The first-order valence-corrected chi connectivity index (χ1v) is 8.77. The highest BCUT2D eigenvalue weighted by molar-refractivity contribution is 5.77. The van der Waals surface area contributed by atoms with Gasteiger partial charge in [0.1, 0.15) is 11.4 Å². The van der Waals surface area contributed by atoms with E-state index in [1.54, 1.807) is 24.5 Å². The van der Waals surface area contributed by atoms with Crippen LogP contribution in [0.1, 0.15) is 12.5 Å². The minimum absolute atomic E-state index is 0.0776. The summed E-state index contributed by atoms with van der Waals surface area (Å²) in [6.45, 7) is 2.48. The molecule has 0 aliphatic heterocycles. The van der Waals surface area contributed by atoms with Crippen LogP contribution in [0.25, 0.3) is 11.5 Å². The van der Waals surface area contributed by atoms with Crippen LogP contribution in [-0.2, 0) is 17.8 Å². The highest BCUT2D eigenvalue weighted by atomic mass is 16.5. The number of rotatable bonds is 8. The number of nitrogens with one attached hydrogen (secondary N) is 1. The van der Waals surface area contributed by atoms with E-state index < -0.39 is 0 Å². The number of ether oxygens (including phenoxy) is 1. The lowest BCUT2D eigenvalue weighted by Crippen LogP contribution is -2.34. The molecule has 1 amide bonds. The number of amides is 1. The number of aromatic nitrogens is 2. The average molecular weight is 367 g/mol. The summed E-state index contributed by atoms with van der Waals surface area (Å²) in [7, 11) is 0. The van der Waals surface area contributed by atoms with E-state index in [4.69, 9.17) is 9.15 Å². The fourth-order valence-electron chi connectivity index (χ4n) is 2.60. The molecule has 0 saturated heterocycles. The van der Waals surface area contributed by atoms with Crippen molar-refractivity contribution >= 4 is 5.91 Å². The SMILES string of the molecule is CCc1ccccc1OCC(=O)NCCn1nc(-c2ccco2)ccc1=O. The smallest absolute Gasteiger partial charge is 0.266 e. The van der Waals surface area contributed by atoms with Crippen LogP contribution in [0.4, 0.5) is 0 Å². The van der Waals surface area contributed by atoms with E-state index in [1.165, 1.54) is 10.7 Å². The summed E-state index contributed by atoms with van der Waals surface area (Å²) in [5.74, 6) is 1.03. The normalized spacial score (nSPS) is 10.6. The van der Waals surface area contributed by atoms with Gasteiger partial charge >= 0.3 is 0 Å². The molecule has 1 aromatic carbocycles. The van der Waals surface area contributed by atoms with Gasteiger partial charge in [-0.25, -0.2) is 4.68 Å². The Morgan fingerprint density at radius 1 is 1.19 bits per heavy atom. The van der Waals surface area contributed by atoms with E-state index in [9.17, 15) is 9.59 Å². The second-order valence-corrected chi connectivity index (χ2v) is 5.86. The lowest BCUT2D eigenvalue weighted by molar-refractivity contribution is -0.123. The fourth-order valence-corrected chi connectivity index (χ4v) is 2.60. The Labute approximate surface area is 156 Å². The van der Waals surface area contributed by atoms with Gasteiger partial charge in [0.2, 0.25) is 0 Å². The molecule has 0 unspecified atom stereocenters. The summed E-state index contributed by atoms with van der Waals surface area (Å²) >= 11 is 0. The van der Waals surface area contributed by atoms with E-state index in [2.05, 4.69) is 10.4 Å². The Balaban J connectivity index is 1.51. The third-order valence-electron chi connectivity index (χ3n) is 4.00. The summed E-state index contributed by atoms with van der Waals surface area (Å²) in [6, 6.07) is 14.2. The molecule has 0 aliphatic rings. The maximum atomic E-state index is 12.0. The summed E-state index contributed by atoms with van der Waals surface area (Å²) in [6.07, 6.45) is 2.38. The van der Waals surface area contributed by atoms with Crippen molar-refractivity contribution in [2.24, 2.45) is 0 Å². The van der Waals surface area contributed by atoms with Gasteiger partial charge in [-0.1, -0.05) is 25.1 Å². The number of nitrogens with zero attached hydrogens (tertiary/aromatic N) is 2. The molecule has 0 spiro atoms. The number of para-hydroxylation sites is 1. The molecule has 0 saturated carbocycles. The molecule has 1 N–H and O–H groups in total. The lowest BCUT2D eigenvalue weighted by atomic mass is 10.1. The average Bonchev–Trinajstić information content (AvgIpc) is 3.23. The second-order valence-electron chi connectivity index (χ2n) is 5.86. The van der Waals surface area contributed by atoms with Crippen LogP contribution in [0.15, 0.2) is 64.0 Å². The second kappa shape index (κ2) is 8.84. The molecule has 7 nitrogen and oxygen atoms in total. The van der Waals surface area contributed by atoms with Gasteiger partial charge in [-0.2, -0.15) is 5.10 Å². The van der Waals surface area contributed by atoms with Crippen LogP contribution in [0.5, 0.6) is 5.75 Å². The molecule has 3 aromatic rings. The summed E-state index contributed by atoms with van der Waals surface area (Å²) in [5, 5.41) is 6.99. The van der Waals surface area contributed by atoms with Gasteiger partial charge in [0.05, 0.1) is 12.8 Å². The summed E-state index contributed by atoms with van der Waals surface area (Å²) in [5.41, 5.74) is 1.37. The molecule has 2 heterocycles. The fraction of sp³-hybridized carbons (Fsp3) is 0.250. The number of carbonyl (C=O) groups is 1. The van der Waals surface area contributed by atoms with Crippen molar-refractivity contribution in [2.45, 2.75) is 19.9 Å². The molecule has 0 aliphatic carbocycles. The Morgan fingerprint density at radius 3 is 2.81 bits per heavy atom. The predicted octanol–water partition coefficient (Wildman–Crippen LogP) is 2.26. The molecule has 7 heteroatoms. The third-order valence-corrected chi connectivity index (χ3v) is 4.00. The van der Waals surface area contributed by atoms with Crippen LogP contribution in [-0.4, -0.2) is 28.8 Å². The zero-order valence-corrected chi connectivity index (χ0v) is 15.1. The van der Waals surface area contributed by atoms with Crippen molar-refractivity contribution in [2.75, 3.05) is 13.2 Å². The summed E-state index contributed by atoms with van der Waals surface area (Å²) in [4.78, 5) is 23.9. The molecule has 2 aromatic heterocycles. The van der Waals surface area contributed by atoms with Crippen LogP contribution in [0, 0.1) is 0 Å². The monoisotopic (exact) mass is 367 g/mol. The summed E-state index contributed by atoms with van der Waals surface area (Å²) < 4.78 is 12.2. The maximum Gasteiger partial charge on any atom is 0.266 e. The highest BCUT2D eigenvalue weighted by Crippen LogP contribution is 2.18. The number of benzene rings is 1. The van der Waals surface area contributed by atoms with Gasteiger partial charge in [-0.3, -0.25) is 9.59 Å². The molecule has 0 radical (unpaired) electrons. The predicted molar refractivity (Wildman–Crippen MR) is 101 cm³/mol. The number of hydrogen-bond acceptors (Lipinski definition) is 5. The zero-order chi connectivity index (χ0) is 19.1. The van der Waals surface area contributed by atoms with E-state index in [0.29, 0.717) is 17.2 Å². The van der Waals surface area contributed by atoms with Gasteiger partial charge in [0.15, 0.2) is 12.4 Å². The number of aryl methyl sites for hydroxylation is 1. The molecule has 0 bridgehead atoms. The lowest BCUT2D eigenvalue weighted by Gasteiger charge is -2.11. The van der Waals surface area contributed by atoms with Crippen molar-refractivity contribution in [1.82, 2.24) is 15.1 Å². The molecule has 0 atom stereocenters. The Hall–Kier alpha value is -3.35. The van der Waals surface area contributed by atoms with Crippen LogP contribution >= 0.6 is 0 Å². The first kappa shape index (κ1) is 18.4. The molecule has 3 rings (SSSR count). The van der Waals surface area contributed by atoms with Crippen LogP contribution in [0.3, 0.4) is 0 Å². The topological polar surface area (TPSA) is 86.4 Å². The zero-order valence-electron chi connectivity index (χ0n) is 15.1. The first-order chi connectivity index (χ1) is 13.2. The van der Waals surface area contributed by atoms with Crippen molar-refractivity contribution in [1.29, 1.82) is 0 Å². The van der Waals surface area contributed by atoms with Crippen molar-refractivity contribution in [3.63, 3.8) is 0 Å². The molecular weight excluding hydrogens is 346 g/mol. The first-order valence-electron chi connectivity index (χ1n) is 8.77. The number of furan rings is 1. The minimum atomic E-state index is -0.254. The van der Waals surface area contributed by atoms with Crippen molar-refractivity contribution < 1.29 is 13.9 Å². The van der Waals surface area contributed by atoms with E-state index >= 15 is 0 Å². The number of carbonyl (C=O) groups excluding carboxylic acids is 1. The highest BCUT2D eigenvalue weighted by Gasteiger charge is 2.08. The van der Waals surface area contributed by atoms with Gasteiger partial charge in [0.25, 0.3) is 11.5 Å². The van der Waals surface area contributed by atoms with Gasteiger partial charge in [-0.15, -0.1) is 0 Å². The maximum absolute atomic E-state index is 12.0. The Morgan fingerprint density at radius 2 is 2.04 bits per heavy atom. The molecule has 140 valence electrons. The van der Waals surface area contributed by atoms with Crippen LogP contribution in [0.2, 0.25) is 0 Å².